The van der Waals surface area contributed by atoms with Gasteiger partial charge in [-0.3, -0.25) is 0 Å². The average molecular weight is 452 g/mol. The van der Waals surface area contributed by atoms with Crippen molar-refractivity contribution in [1.82, 2.24) is 10.2 Å². The van der Waals surface area contributed by atoms with Crippen molar-refractivity contribution in [3.05, 3.63) is 48.0 Å². The van der Waals surface area contributed by atoms with Gasteiger partial charge >= 0.3 is 12.1 Å². The van der Waals surface area contributed by atoms with Crippen LogP contribution in [0.25, 0.3) is 11.1 Å². The normalized spacial score (nSPS) is 17.0. The van der Waals surface area contributed by atoms with Gasteiger partial charge in [-0.05, 0) is 74.6 Å². The predicted molar refractivity (Wildman–Crippen MR) is 129 cm³/mol. The molecule has 2 aromatic carbocycles. The molecular formula is C26H33N3O4. The molecule has 2 N–H and O–H groups in total. The Hall–Kier alpha value is -3.22. The van der Waals surface area contributed by atoms with Crippen LogP contribution < -0.4 is 15.4 Å². The number of fused-ring (bicyclic) bond motifs is 1. The number of rotatable bonds is 2. The number of likely N-dealkylation sites (tertiary alicyclic amines) is 1. The molecule has 0 bridgehead atoms. The monoisotopic (exact) mass is 451 g/mol. The SMILES string of the molecule is CNC(=O)Nc1ccc(-c2ccc3c(c2)CCC2(CCN(C(=O)OC(C)(C)C)CC2)O3)cc1. The molecule has 0 unspecified atom stereocenters. The van der Waals surface area contributed by atoms with E-state index in [1.807, 2.05) is 45.0 Å². The summed E-state index contributed by atoms with van der Waals surface area (Å²) in [6.45, 7) is 6.98. The van der Waals surface area contributed by atoms with Crippen LogP contribution in [0.2, 0.25) is 0 Å². The van der Waals surface area contributed by atoms with E-state index < -0.39 is 5.60 Å². The van der Waals surface area contributed by atoms with Gasteiger partial charge in [-0.25, -0.2) is 9.59 Å². The van der Waals surface area contributed by atoms with Crippen LogP contribution in [0.4, 0.5) is 15.3 Å². The zero-order chi connectivity index (χ0) is 23.6. The number of amides is 3. The third kappa shape index (κ3) is 5.41. The number of nitrogens with zero attached hydrogens (tertiary/aromatic N) is 1. The Bertz CT molecular complexity index is 1020. The second kappa shape index (κ2) is 8.96. The number of carbonyl (C=O) groups excluding carboxylic acids is 2. The summed E-state index contributed by atoms with van der Waals surface area (Å²) in [6, 6.07) is 13.9. The zero-order valence-electron chi connectivity index (χ0n) is 19.9. The summed E-state index contributed by atoms with van der Waals surface area (Å²) >= 11 is 0. The summed E-state index contributed by atoms with van der Waals surface area (Å²) in [7, 11) is 1.59. The number of urea groups is 1. The molecule has 2 heterocycles. The van der Waals surface area contributed by atoms with E-state index in [-0.39, 0.29) is 17.7 Å². The lowest BCUT2D eigenvalue weighted by Crippen LogP contribution is -2.52. The molecule has 3 amide bonds. The number of anilines is 1. The minimum Gasteiger partial charge on any atom is -0.487 e. The highest BCUT2D eigenvalue weighted by Crippen LogP contribution is 2.41. The molecule has 1 fully saturated rings. The van der Waals surface area contributed by atoms with Gasteiger partial charge in [0.05, 0.1) is 0 Å². The van der Waals surface area contributed by atoms with E-state index in [0.717, 1.165) is 48.2 Å². The zero-order valence-corrected chi connectivity index (χ0v) is 19.9. The molecule has 1 saturated heterocycles. The van der Waals surface area contributed by atoms with Crippen LogP contribution >= 0.6 is 0 Å². The van der Waals surface area contributed by atoms with E-state index in [1.165, 1.54) is 5.56 Å². The molecule has 4 rings (SSSR count). The molecule has 0 aromatic heterocycles. The highest BCUT2D eigenvalue weighted by Gasteiger charge is 2.41. The first kappa shape index (κ1) is 23.0. The third-order valence-electron chi connectivity index (χ3n) is 6.27. The van der Waals surface area contributed by atoms with Crippen LogP contribution in [-0.4, -0.2) is 48.4 Å². The minimum absolute atomic E-state index is 0.208. The van der Waals surface area contributed by atoms with Crippen molar-refractivity contribution in [2.45, 2.75) is 57.7 Å². The summed E-state index contributed by atoms with van der Waals surface area (Å²) in [5.41, 5.74) is 3.48. The van der Waals surface area contributed by atoms with Gasteiger partial charge in [0.1, 0.15) is 17.0 Å². The first-order valence-electron chi connectivity index (χ1n) is 11.6. The van der Waals surface area contributed by atoms with Gasteiger partial charge in [-0.1, -0.05) is 18.2 Å². The fourth-order valence-corrected chi connectivity index (χ4v) is 4.42. The summed E-state index contributed by atoms with van der Waals surface area (Å²) in [6.07, 6.45) is 3.28. The Kier molecular flexibility index (Phi) is 6.23. The van der Waals surface area contributed by atoms with Crippen LogP contribution in [0, 0.1) is 0 Å². The fourth-order valence-electron chi connectivity index (χ4n) is 4.42. The van der Waals surface area contributed by atoms with Crippen LogP contribution in [0.1, 0.15) is 45.6 Å². The minimum atomic E-state index is -0.481. The topological polar surface area (TPSA) is 79.9 Å². The molecule has 0 aliphatic carbocycles. The van der Waals surface area contributed by atoms with Crippen LogP contribution in [0.15, 0.2) is 42.5 Å². The lowest BCUT2D eigenvalue weighted by atomic mass is 9.82. The van der Waals surface area contributed by atoms with Crippen molar-refractivity contribution in [2.24, 2.45) is 0 Å². The number of piperidine rings is 1. The van der Waals surface area contributed by atoms with E-state index in [9.17, 15) is 9.59 Å². The first-order valence-corrected chi connectivity index (χ1v) is 11.6. The quantitative estimate of drug-likeness (QED) is 0.658. The summed E-state index contributed by atoms with van der Waals surface area (Å²) in [5.74, 6) is 0.939. The number of hydrogen-bond acceptors (Lipinski definition) is 4. The Labute approximate surface area is 195 Å². The van der Waals surface area contributed by atoms with Gasteiger partial charge < -0.3 is 25.0 Å². The molecule has 2 aromatic rings. The summed E-state index contributed by atoms with van der Waals surface area (Å²) in [5, 5.41) is 5.32. The molecule has 7 heteroatoms. The number of nitrogens with one attached hydrogen (secondary N) is 2. The van der Waals surface area contributed by atoms with E-state index in [4.69, 9.17) is 9.47 Å². The second-order valence-corrected chi connectivity index (χ2v) is 9.86. The van der Waals surface area contributed by atoms with E-state index in [1.54, 1.807) is 11.9 Å². The Morgan fingerprint density at radius 1 is 1.00 bits per heavy atom. The van der Waals surface area contributed by atoms with Gasteiger partial charge in [0.2, 0.25) is 0 Å². The maximum Gasteiger partial charge on any atom is 0.410 e. The molecule has 1 spiro atoms. The molecule has 2 aliphatic heterocycles. The number of benzene rings is 2. The standard InChI is InChI=1S/C26H33N3O4/c1-25(2,3)33-24(31)29-15-13-26(14-16-29)12-11-20-17-19(7-10-22(20)32-26)18-5-8-21(9-6-18)28-23(30)27-4/h5-10,17H,11-16H2,1-4H3,(H2,27,28,30). The van der Waals surface area contributed by atoms with Crippen molar-refractivity contribution in [3.8, 4) is 16.9 Å². The number of carbonyl (C=O) groups is 2. The van der Waals surface area contributed by atoms with Crippen molar-refractivity contribution in [2.75, 3.05) is 25.5 Å². The van der Waals surface area contributed by atoms with Gasteiger partial charge in [0, 0.05) is 38.7 Å². The van der Waals surface area contributed by atoms with Gasteiger partial charge in [-0.15, -0.1) is 0 Å². The fraction of sp³-hybridized carbons (Fsp3) is 0.462. The number of ether oxygens (including phenoxy) is 2. The van der Waals surface area contributed by atoms with Crippen molar-refractivity contribution in [1.29, 1.82) is 0 Å². The Balaban J connectivity index is 1.40. The summed E-state index contributed by atoms with van der Waals surface area (Å²) < 4.78 is 12.0. The third-order valence-corrected chi connectivity index (χ3v) is 6.27. The summed E-state index contributed by atoms with van der Waals surface area (Å²) in [4.78, 5) is 25.6. The predicted octanol–water partition coefficient (Wildman–Crippen LogP) is 5.20. The smallest absolute Gasteiger partial charge is 0.410 e. The maximum atomic E-state index is 12.4. The van der Waals surface area contributed by atoms with Crippen molar-refractivity contribution >= 4 is 17.8 Å². The van der Waals surface area contributed by atoms with Crippen molar-refractivity contribution in [3.63, 3.8) is 0 Å². The lowest BCUT2D eigenvalue weighted by molar-refractivity contribution is -0.0272. The molecule has 7 nitrogen and oxygen atoms in total. The molecular weight excluding hydrogens is 418 g/mol. The highest BCUT2D eigenvalue weighted by atomic mass is 16.6. The van der Waals surface area contributed by atoms with Gasteiger partial charge in [0.15, 0.2) is 0 Å². The average Bonchev–Trinajstić information content (AvgIpc) is 2.78. The van der Waals surface area contributed by atoms with Crippen LogP contribution in [-0.2, 0) is 11.2 Å². The highest BCUT2D eigenvalue weighted by molar-refractivity contribution is 5.89. The Morgan fingerprint density at radius 3 is 2.30 bits per heavy atom. The molecule has 0 atom stereocenters. The number of aryl methyl sites for hydroxylation is 1. The molecule has 0 radical (unpaired) electrons. The van der Waals surface area contributed by atoms with Gasteiger partial charge in [-0.2, -0.15) is 0 Å². The lowest BCUT2D eigenvalue weighted by Gasteiger charge is -2.44. The molecule has 33 heavy (non-hydrogen) atoms. The van der Waals surface area contributed by atoms with Crippen molar-refractivity contribution < 1.29 is 19.1 Å². The Morgan fingerprint density at radius 2 is 1.67 bits per heavy atom. The molecule has 2 aliphatic rings. The van der Waals surface area contributed by atoms with E-state index in [0.29, 0.717) is 13.1 Å². The van der Waals surface area contributed by atoms with Crippen LogP contribution in [0.5, 0.6) is 5.75 Å². The van der Waals surface area contributed by atoms with Gasteiger partial charge in [0.25, 0.3) is 0 Å². The largest absolute Gasteiger partial charge is 0.487 e. The molecule has 0 saturated carbocycles. The number of hydrogen-bond donors (Lipinski definition) is 2. The maximum absolute atomic E-state index is 12.4. The van der Waals surface area contributed by atoms with Crippen LogP contribution in [0.3, 0.4) is 0 Å². The van der Waals surface area contributed by atoms with E-state index >= 15 is 0 Å². The first-order chi connectivity index (χ1) is 15.7. The molecule has 176 valence electrons. The van der Waals surface area contributed by atoms with E-state index in [2.05, 4.69) is 28.8 Å². The second-order valence-electron chi connectivity index (χ2n) is 9.86.